The molecule has 5 heteroatoms. The highest BCUT2D eigenvalue weighted by Gasteiger charge is 2.33. The molecule has 16 heavy (non-hydrogen) atoms. The number of unbranched alkanes of at least 4 members (excludes halogenated alkanes) is 1. The minimum absolute atomic E-state index is 0.0768. The van der Waals surface area contributed by atoms with Crippen molar-refractivity contribution in [3.05, 3.63) is 12.7 Å². The molecular formula is C11H23O3PS. The summed E-state index contributed by atoms with van der Waals surface area (Å²) < 4.78 is 22.4. The zero-order valence-electron chi connectivity index (χ0n) is 10.5. The molecule has 0 saturated carbocycles. The van der Waals surface area contributed by atoms with E-state index in [-0.39, 0.29) is 4.99 Å². The molecule has 1 atom stereocenters. The molecule has 0 amide bonds. The van der Waals surface area contributed by atoms with Gasteiger partial charge in [0, 0.05) is 14.2 Å². The number of allylic oxidation sites excluding steroid dienone is 1. The van der Waals surface area contributed by atoms with E-state index in [0.717, 1.165) is 31.4 Å². The number of thioether (sulfide) groups is 1. The predicted octanol–water partition coefficient (Wildman–Crippen LogP) is 4.30. The SMILES string of the molecule is C=CCCC(SCCCC)P(=O)(OC)OC. The third kappa shape index (κ3) is 5.53. The predicted molar refractivity (Wildman–Crippen MR) is 72.2 cm³/mol. The van der Waals surface area contributed by atoms with Crippen molar-refractivity contribution in [1.29, 1.82) is 0 Å². The lowest BCUT2D eigenvalue weighted by molar-refractivity contribution is 0.272. The van der Waals surface area contributed by atoms with E-state index >= 15 is 0 Å². The molecule has 0 saturated heterocycles. The molecule has 1 unspecified atom stereocenters. The van der Waals surface area contributed by atoms with Crippen LogP contribution in [0.2, 0.25) is 0 Å². The highest BCUT2D eigenvalue weighted by atomic mass is 32.2. The Kier molecular flexibility index (Phi) is 9.43. The fourth-order valence-corrected chi connectivity index (χ4v) is 4.94. The van der Waals surface area contributed by atoms with Crippen molar-refractivity contribution in [1.82, 2.24) is 0 Å². The Hall–Kier alpha value is 0.240. The van der Waals surface area contributed by atoms with E-state index in [0.29, 0.717) is 0 Å². The second-order valence-electron chi connectivity index (χ2n) is 3.45. The summed E-state index contributed by atoms with van der Waals surface area (Å²) in [7, 11) is -0.0461. The molecule has 0 N–H and O–H groups in total. The van der Waals surface area contributed by atoms with Gasteiger partial charge in [-0.15, -0.1) is 18.3 Å². The molecule has 0 aromatic heterocycles. The van der Waals surface area contributed by atoms with E-state index in [1.54, 1.807) is 11.8 Å². The molecule has 0 spiro atoms. The lowest BCUT2D eigenvalue weighted by atomic mass is 10.3. The zero-order valence-corrected chi connectivity index (χ0v) is 12.2. The van der Waals surface area contributed by atoms with Gasteiger partial charge < -0.3 is 9.05 Å². The van der Waals surface area contributed by atoms with Crippen LogP contribution in [0.25, 0.3) is 0 Å². The third-order valence-electron chi connectivity index (χ3n) is 2.29. The standard InChI is InChI=1S/C11H23O3PS/c1-5-7-9-11(16-10-8-6-2)15(12,13-3)14-4/h5,11H,1,6-10H2,2-4H3. The van der Waals surface area contributed by atoms with Crippen molar-refractivity contribution in [3.63, 3.8) is 0 Å². The molecule has 0 aromatic carbocycles. The first kappa shape index (κ1) is 16.2. The Balaban J connectivity index is 4.38. The first-order valence-corrected chi connectivity index (χ1v) is 8.24. The van der Waals surface area contributed by atoms with Crippen LogP contribution in [0.4, 0.5) is 0 Å². The topological polar surface area (TPSA) is 35.5 Å². The molecule has 0 bridgehead atoms. The summed E-state index contributed by atoms with van der Waals surface area (Å²) >= 11 is 1.68. The van der Waals surface area contributed by atoms with E-state index in [2.05, 4.69) is 13.5 Å². The Morgan fingerprint density at radius 1 is 1.44 bits per heavy atom. The molecule has 0 aromatic rings. The lowest BCUT2D eigenvalue weighted by Gasteiger charge is -2.23. The average molecular weight is 266 g/mol. The highest BCUT2D eigenvalue weighted by Crippen LogP contribution is 2.57. The van der Waals surface area contributed by atoms with Gasteiger partial charge in [-0.25, -0.2) is 0 Å². The summed E-state index contributed by atoms with van der Waals surface area (Å²) in [6.45, 7) is 5.83. The van der Waals surface area contributed by atoms with E-state index in [1.807, 2.05) is 6.08 Å². The Labute approximate surface area is 104 Å². The van der Waals surface area contributed by atoms with Gasteiger partial charge >= 0.3 is 7.60 Å². The summed E-state index contributed by atoms with van der Waals surface area (Å²) in [5.41, 5.74) is 0. The summed E-state index contributed by atoms with van der Waals surface area (Å²) in [6.07, 6.45) is 5.73. The summed E-state index contributed by atoms with van der Waals surface area (Å²) in [4.78, 5) is -0.0768. The molecule has 0 aliphatic heterocycles. The van der Waals surface area contributed by atoms with Crippen LogP contribution >= 0.6 is 19.4 Å². The molecule has 96 valence electrons. The van der Waals surface area contributed by atoms with E-state index < -0.39 is 7.60 Å². The maximum atomic E-state index is 12.3. The Bertz CT molecular complexity index is 225. The van der Waals surface area contributed by atoms with Crippen molar-refractivity contribution in [2.24, 2.45) is 0 Å². The summed E-state index contributed by atoms with van der Waals surface area (Å²) in [6, 6.07) is 0. The Morgan fingerprint density at radius 2 is 2.06 bits per heavy atom. The normalized spacial score (nSPS) is 13.7. The first-order valence-electron chi connectivity index (χ1n) is 5.58. The number of hydrogen-bond donors (Lipinski definition) is 0. The van der Waals surface area contributed by atoms with Gasteiger partial charge in [0.15, 0.2) is 0 Å². The second kappa shape index (κ2) is 9.29. The highest BCUT2D eigenvalue weighted by molar-refractivity contribution is 8.05. The van der Waals surface area contributed by atoms with Crippen LogP contribution in [0, 0.1) is 0 Å². The van der Waals surface area contributed by atoms with Gasteiger partial charge in [0.2, 0.25) is 0 Å². The van der Waals surface area contributed by atoms with Crippen LogP contribution in [-0.2, 0) is 13.6 Å². The van der Waals surface area contributed by atoms with Gasteiger partial charge in [0.1, 0.15) is 4.99 Å². The fourth-order valence-electron chi connectivity index (χ4n) is 1.27. The third-order valence-corrected chi connectivity index (χ3v) is 6.64. The quantitative estimate of drug-likeness (QED) is 0.335. The van der Waals surface area contributed by atoms with E-state index in [1.165, 1.54) is 14.2 Å². The largest absolute Gasteiger partial charge is 0.342 e. The summed E-state index contributed by atoms with van der Waals surface area (Å²) in [5, 5.41) is 0. The molecular weight excluding hydrogens is 243 g/mol. The molecule has 0 radical (unpaired) electrons. The summed E-state index contributed by atoms with van der Waals surface area (Å²) in [5.74, 6) is 0.995. The lowest BCUT2D eigenvalue weighted by Crippen LogP contribution is -2.08. The van der Waals surface area contributed by atoms with E-state index in [4.69, 9.17) is 9.05 Å². The van der Waals surface area contributed by atoms with Gasteiger partial charge in [0.05, 0.1) is 0 Å². The van der Waals surface area contributed by atoms with Gasteiger partial charge in [-0.2, -0.15) is 0 Å². The molecule has 3 nitrogen and oxygen atoms in total. The second-order valence-corrected chi connectivity index (χ2v) is 7.54. The van der Waals surface area contributed by atoms with Gasteiger partial charge in [-0.05, 0) is 25.0 Å². The first-order chi connectivity index (χ1) is 7.64. The van der Waals surface area contributed by atoms with Crippen molar-refractivity contribution < 1.29 is 13.6 Å². The molecule has 0 aliphatic carbocycles. The van der Waals surface area contributed by atoms with Crippen LogP contribution < -0.4 is 0 Å². The number of rotatable bonds is 10. The van der Waals surface area contributed by atoms with Crippen LogP contribution in [-0.4, -0.2) is 25.0 Å². The molecule has 0 fully saturated rings. The Morgan fingerprint density at radius 3 is 2.50 bits per heavy atom. The van der Waals surface area contributed by atoms with Crippen LogP contribution in [0.3, 0.4) is 0 Å². The fraction of sp³-hybridized carbons (Fsp3) is 0.818. The maximum absolute atomic E-state index is 12.3. The van der Waals surface area contributed by atoms with E-state index in [9.17, 15) is 4.57 Å². The number of hydrogen-bond acceptors (Lipinski definition) is 4. The van der Waals surface area contributed by atoms with Crippen LogP contribution in [0.5, 0.6) is 0 Å². The molecule has 0 heterocycles. The van der Waals surface area contributed by atoms with Crippen LogP contribution in [0.1, 0.15) is 32.6 Å². The van der Waals surface area contributed by atoms with Gasteiger partial charge in [0.25, 0.3) is 0 Å². The van der Waals surface area contributed by atoms with Gasteiger partial charge in [-0.3, -0.25) is 4.57 Å². The minimum atomic E-state index is -2.95. The van der Waals surface area contributed by atoms with Crippen LogP contribution in [0.15, 0.2) is 12.7 Å². The van der Waals surface area contributed by atoms with Crippen molar-refractivity contribution >= 4 is 19.4 Å². The van der Waals surface area contributed by atoms with Crippen molar-refractivity contribution in [2.45, 2.75) is 37.6 Å². The molecule has 0 aliphatic rings. The van der Waals surface area contributed by atoms with Gasteiger partial charge in [-0.1, -0.05) is 19.4 Å². The monoisotopic (exact) mass is 266 g/mol. The smallest absolute Gasteiger partial charge is 0.311 e. The van der Waals surface area contributed by atoms with Crippen molar-refractivity contribution in [3.8, 4) is 0 Å². The maximum Gasteiger partial charge on any atom is 0.342 e. The minimum Gasteiger partial charge on any atom is -0.311 e. The zero-order chi connectivity index (χ0) is 12.4. The average Bonchev–Trinajstić information content (AvgIpc) is 2.32. The molecule has 0 rings (SSSR count). The van der Waals surface area contributed by atoms with Crippen molar-refractivity contribution in [2.75, 3.05) is 20.0 Å².